The van der Waals surface area contributed by atoms with Crippen LogP contribution in [0.15, 0.2) is 24.3 Å². The minimum Gasteiger partial charge on any atom is -0.385 e. The van der Waals surface area contributed by atoms with Crippen molar-refractivity contribution in [2.24, 2.45) is 0 Å². The lowest BCUT2D eigenvalue weighted by molar-refractivity contribution is -0.0111. The number of aliphatic hydroxyl groups is 1. The summed E-state index contributed by atoms with van der Waals surface area (Å²) in [5, 5.41) is 13.9. The molecule has 1 aliphatic rings. The first kappa shape index (κ1) is 12.5. The zero-order valence-electron chi connectivity index (χ0n) is 10.2. The lowest BCUT2D eigenvalue weighted by Gasteiger charge is -2.36. The Hall–Kier alpha value is -0.930. The van der Waals surface area contributed by atoms with Crippen molar-refractivity contribution in [1.29, 1.82) is 0 Å². The van der Waals surface area contributed by atoms with Crippen LogP contribution in [-0.4, -0.2) is 17.7 Å². The van der Waals surface area contributed by atoms with E-state index in [-0.39, 0.29) is 5.82 Å². The first-order valence-corrected chi connectivity index (χ1v) is 6.36. The number of nitrogens with one attached hydrogen (secondary N) is 1. The van der Waals surface area contributed by atoms with E-state index in [4.69, 9.17) is 0 Å². The Kier molecular flexibility index (Phi) is 3.79. The summed E-state index contributed by atoms with van der Waals surface area (Å²) in [5.74, 6) is -0.295. The van der Waals surface area contributed by atoms with Crippen LogP contribution in [-0.2, 0) is 5.60 Å². The zero-order chi connectivity index (χ0) is 12.3. The molecule has 1 saturated carbocycles. The highest BCUT2D eigenvalue weighted by atomic mass is 19.1. The molecule has 0 atom stereocenters. The number of hydrogen-bond donors (Lipinski definition) is 2. The summed E-state index contributed by atoms with van der Waals surface area (Å²) >= 11 is 0. The van der Waals surface area contributed by atoms with Crippen LogP contribution < -0.4 is 5.32 Å². The van der Waals surface area contributed by atoms with Crippen molar-refractivity contribution < 1.29 is 9.50 Å². The van der Waals surface area contributed by atoms with E-state index in [0.717, 1.165) is 19.4 Å². The minimum absolute atomic E-state index is 0.295. The fraction of sp³-hybridized carbons (Fsp3) is 0.571. The molecule has 0 saturated heterocycles. The molecule has 0 unspecified atom stereocenters. The maximum Gasteiger partial charge on any atom is 0.129 e. The van der Waals surface area contributed by atoms with Gasteiger partial charge in [-0.05, 0) is 38.3 Å². The molecule has 1 aromatic carbocycles. The van der Waals surface area contributed by atoms with E-state index < -0.39 is 5.60 Å². The predicted octanol–water partition coefficient (Wildman–Crippen LogP) is 2.57. The van der Waals surface area contributed by atoms with Crippen LogP contribution in [0, 0.1) is 5.82 Å². The molecule has 0 spiro atoms. The largest absolute Gasteiger partial charge is 0.385 e. The molecule has 17 heavy (non-hydrogen) atoms. The smallest absolute Gasteiger partial charge is 0.129 e. The van der Waals surface area contributed by atoms with Gasteiger partial charge < -0.3 is 10.4 Å². The highest BCUT2D eigenvalue weighted by Crippen LogP contribution is 2.38. The van der Waals surface area contributed by atoms with E-state index in [9.17, 15) is 9.50 Å². The fourth-order valence-corrected chi connectivity index (χ4v) is 2.70. The van der Waals surface area contributed by atoms with Crippen molar-refractivity contribution in [1.82, 2.24) is 5.32 Å². The molecule has 0 bridgehead atoms. The van der Waals surface area contributed by atoms with Gasteiger partial charge in [0.25, 0.3) is 0 Å². The SMILES string of the molecule is CCNC1CCC(O)(c2ccccc2F)CC1. The van der Waals surface area contributed by atoms with Crippen molar-refractivity contribution in [3.8, 4) is 0 Å². The number of rotatable bonds is 3. The molecule has 1 aromatic rings. The molecule has 0 aliphatic heterocycles. The van der Waals surface area contributed by atoms with Gasteiger partial charge in [0.1, 0.15) is 5.82 Å². The Balaban J connectivity index is 2.10. The monoisotopic (exact) mass is 237 g/mol. The molecule has 1 aliphatic carbocycles. The van der Waals surface area contributed by atoms with Gasteiger partial charge >= 0.3 is 0 Å². The quantitative estimate of drug-likeness (QED) is 0.847. The lowest BCUT2D eigenvalue weighted by atomic mass is 9.77. The summed E-state index contributed by atoms with van der Waals surface area (Å²) < 4.78 is 13.7. The highest BCUT2D eigenvalue weighted by molar-refractivity contribution is 5.25. The Labute approximate surface area is 102 Å². The highest BCUT2D eigenvalue weighted by Gasteiger charge is 2.36. The molecular formula is C14H20FNO. The normalized spacial score (nSPS) is 29.2. The van der Waals surface area contributed by atoms with Crippen molar-refractivity contribution in [2.45, 2.75) is 44.2 Å². The maximum atomic E-state index is 13.7. The summed E-state index contributed by atoms with van der Waals surface area (Å²) in [5.41, 5.74) is -0.521. The molecule has 0 heterocycles. The number of halogens is 1. The molecule has 0 amide bonds. The molecule has 94 valence electrons. The van der Waals surface area contributed by atoms with Gasteiger partial charge in [0, 0.05) is 11.6 Å². The second kappa shape index (κ2) is 5.15. The minimum atomic E-state index is -0.975. The Morgan fingerprint density at radius 1 is 1.35 bits per heavy atom. The van der Waals surface area contributed by atoms with Gasteiger partial charge in [-0.25, -0.2) is 4.39 Å². The van der Waals surface area contributed by atoms with Gasteiger partial charge in [-0.3, -0.25) is 0 Å². The van der Waals surface area contributed by atoms with Gasteiger partial charge in [-0.1, -0.05) is 25.1 Å². The molecule has 2 N–H and O–H groups in total. The van der Waals surface area contributed by atoms with E-state index >= 15 is 0 Å². The van der Waals surface area contributed by atoms with Crippen LogP contribution in [0.3, 0.4) is 0 Å². The van der Waals surface area contributed by atoms with E-state index in [2.05, 4.69) is 12.2 Å². The summed E-state index contributed by atoms with van der Waals surface area (Å²) in [6, 6.07) is 7.03. The number of benzene rings is 1. The zero-order valence-corrected chi connectivity index (χ0v) is 10.2. The van der Waals surface area contributed by atoms with Gasteiger partial charge in [-0.15, -0.1) is 0 Å². The first-order chi connectivity index (χ1) is 8.15. The van der Waals surface area contributed by atoms with E-state index in [0.29, 0.717) is 24.4 Å². The summed E-state index contributed by atoms with van der Waals surface area (Å²) in [6.07, 6.45) is 3.06. The molecule has 1 fully saturated rings. The average molecular weight is 237 g/mol. The molecule has 3 heteroatoms. The molecule has 0 radical (unpaired) electrons. The summed E-state index contributed by atoms with van der Waals surface area (Å²) in [7, 11) is 0. The second-order valence-corrected chi connectivity index (χ2v) is 4.84. The third-order valence-corrected chi connectivity index (χ3v) is 3.68. The Bertz CT molecular complexity index is 372. The topological polar surface area (TPSA) is 32.3 Å². The lowest BCUT2D eigenvalue weighted by Crippen LogP contribution is -2.40. The second-order valence-electron chi connectivity index (χ2n) is 4.84. The third kappa shape index (κ3) is 2.67. The Morgan fingerprint density at radius 3 is 2.59 bits per heavy atom. The van der Waals surface area contributed by atoms with Crippen molar-refractivity contribution >= 4 is 0 Å². The van der Waals surface area contributed by atoms with Crippen molar-refractivity contribution in [2.75, 3.05) is 6.54 Å². The van der Waals surface area contributed by atoms with E-state index in [1.54, 1.807) is 18.2 Å². The summed E-state index contributed by atoms with van der Waals surface area (Å²) in [4.78, 5) is 0. The molecule has 2 nitrogen and oxygen atoms in total. The third-order valence-electron chi connectivity index (χ3n) is 3.68. The van der Waals surface area contributed by atoms with Gasteiger partial charge in [-0.2, -0.15) is 0 Å². The standard InChI is InChI=1S/C14H20FNO/c1-2-16-11-7-9-14(17,10-8-11)12-5-3-4-6-13(12)15/h3-6,11,16-17H,2,7-10H2,1H3. The number of hydrogen-bond acceptors (Lipinski definition) is 2. The van der Waals surface area contributed by atoms with Crippen LogP contribution in [0.2, 0.25) is 0 Å². The predicted molar refractivity (Wildman–Crippen MR) is 66.2 cm³/mol. The van der Waals surface area contributed by atoms with Gasteiger partial charge in [0.05, 0.1) is 5.60 Å². The van der Waals surface area contributed by atoms with Gasteiger partial charge in [0.2, 0.25) is 0 Å². The van der Waals surface area contributed by atoms with Crippen LogP contribution in [0.1, 0.15) is 38.2 Å². The van der Waals surface area contributed by atoms with Crippen LogP contribution >= 0.6 is 0 Å². The molecule has 0 aromatic heterocycles. The molecular weight excluding hydrogens is 217 g/mol. The Morgan fingerprint density at radius 2 is 2.00 bits per heavy atom. The maximum absolute atomic E-state index is 13.7. The van der Waals surface area contributed by atoms with Gasteiger partial charge in [0.15, 0.2) is 0 Å². The summed E-state index contributed by atoms with van der Waals surface area (Å²) in [6.45, 7) is 3.03. The van der Waals surface area contributed by atoms with Crippen molar-refractivity contribution in [3.63, 3.8) is 0 Å². The van der Waals surface area contributed by atoms with Crippen molar-refractivity contribution in [3.05, 3.63) is 35.6 Å². The van der Waals surface area contributed by atoms with E-state index in [1.807, 2.05) is 0 Å². The van der Waals surface area contributed by atoms with Crippen LogP contribution in [0.4, 0.5) is 4.39 Å². The van der Waals surface area contributed by atoms with Crippen LogP contribution in [0.5, 0.6) is 0 Å². The molecule has 2 rings (SSSR count). The van der Waals surface area contributed by atoms with Crippen LogP contribution in [0.25, 0.3) is 0 Å². The fourth-order valence-electron chi connectivity index (χ4n) is 2.70. The van der Waals surface area contributed by atoms with E-state index in [1.165, 1.54) is 6.07 Å². The average Bonchev–Trinajstić information content (AvgIpc) is 2.33. The first-order valence-electron chi connectivity index (χ1n) is 6.36.